The highest BCUT2D eigenvalue weighted by molar-refractivity contribution is 5.68. The second-order valence-corrected chi connectivity index (χ2v) is 5.01. The number of nitrogens with one attached hydrogen (secondary N) is 1. The Labute approximate surface area is 119 Å². The molecule has 7 heteroatoms. The molecular weight excluding hydrogens is 287 g/mol. The topological polar surface area (TPSA) is 58.6 Å². The van der Waals surface area contributed by atoms with Crippen molar-refractivity contribution in [1.29, 1.82) is 0 Å². The van der Waals surface area contributed by atoms with Gasteiger partial charge in [-0.2, -0.15) is 13.2 Å². The Kier molecular flexibility index (Phi) is 4.53. The minimum atomic E-state index is -4.43. The van der Waals surface area contributed by atoms with E-state index in [2.05, 4.69) is 5.32 Å². The second-order valence-electron chi connectivity index (χ2n) is 5.01. The number of piperidine rings is 1. The zero-order chi connectivity index (χ0) is 15.5. The molecule has 0 aliphatic carbocycles. The Balaban J connectivity index is 2.34. The molecule has 1 aromatic rings. The van der Waals surface area contributed by atoms with Crippen molar-refractivity contribution in [3.05, 3.63) is 35.4 Å². The maximum absolute atomic E-state index is 12.8. The number of rotatable bonds is 4. The summed E-state index contributed by atoms with van der Waals surface area (Å²) in [6.07, 6.45) is -3.57. The lowest BCUT2D eigenvalue weighted by Gasteiger charge is -2.38. The number of hydrogen-bond acceptors (Lipinski definition) is 3. The largest absolute Gasteiger partial charge is 0.480 e. The zero-order valence-electron chi connectivity index (χ0n) is 11.2. The number of ether oxygens (including phenoxy) is 1. The smallest absolute Gasteiger partial charge is 0.416 e. The van der Waals surface area contributed by atoms with E-state index in [0.717, 1.165) is 12.1 Å². The van der Waals surface area contributed by atoms with E-state index in [4.69, 9.17) is 9.84 Å². The summed E-state index contributed by atoms with van der Waals surface area (Å²) in [5, 5.41) is 11.9. The molecule has 0 radical (unpaired) electrons. The summed E-state index contributed by atoms with van der Waals surface area (Å²) in [7, 11) is 0. The first-order valence-corrected chi connectivity index (χ1v) is 6.58. The van der Waals surface area contributed by atoms with Gasteiger partial charge in [-0.05, 0) is 43.6 Å². The molecule has 2 rings (SSSR count). The standard InChI is InChI=1S/C14H16F3NO3/c15-14(16,17)11-3-1-2-10(8-11)13(21-9-12(19)20)4-6-18-7-5-13/h1-3,8,18H,4-7,9H2,(H,19,20). The maximum Gasteiger partial charge on any atom is 0.416 e. The molecule has 1 saturated heterocycles. The fourth-order valence-corrected chi connectivity index (χ4v) is 2.53. The van der Waals surface area contributed by atoms with Gasteiger partial charge in [-0.15, -0.1) is 0 Å². The molecular formula is C14H16F3NO3. The van der Waals surface area contributed by atoms with Crippen LogP contribution in [0.15, 0.2) is 24.3 Å². The summed E-state index contributed by atoms with van der Waals surface area (Å²) in [5.74, 6) is -1.14. The quantitative estimate of drug-likeness (QED) is 0.896. The molecule has 0 spiro atoms. The van der Waals surface area contributed by atoms with Gasteiger partial charge in [0.05, 0.1) is 11.2 Å². The molecule has 21 heavy (non-hydrogen) atoms. The van der Waals surface area contributed by atoms with Crippen LogP contribution in [0.2, 0.25) is 0 Å². The van der Waals surface area contributed by atoms with E-state index < -0.39 is 29.9 Å². The molecule has 0 atom stereocenters. The third kappa shape index (κ3) is 3.74. The minimum absolute atomic E-state index is 0.375. The van der Waals surface area contributed by atoms with Crippen LogP contribution in [-0.4, -0.2) is 30.8 Å². The Morgan fingerprint density at radius 2 is 2.00 bits per heavy atom. The van der Waals surface area contributed by atoms with Gasteiger partial charge in [0.25, 0.3) is 0 Å². The van der Waals surface area contributed by atoms with Crippen molar-refractivity contribution in [2.75, 3.05) is 19.7 Å². The van der Waals surface area contributed by atoms with Crippen LogP contribution in [-0.2, 0) is 21.3 Å². The number of aliphatic carboxylic acids is 1. The average Bonchev–Trinajstić information content (AvgIpc) is 2.45. The highest BCUT2D eigenvalue weighted by atomic mass is 19.4. The van der Waals surface area contributed by atoms with Gasteiger partial charge in [0.2, 0.25) is 0 Å². The molecule has 2 N–H and O–H groups in total. The van der Waals surface area contributed by atoms with E-state index in [-0.39, 0.29) is 0 Å². The Bertz CT molecular complexity index is 510. The average molecular weight is 303 g/mol. The molecule has 0 saturated carbocycles. The Hall–Kier alpha value is -1.60. The van der Waals surface area contributed by atoms with Crippen LogP contribution < -0.4 is 5.32 Å². The summed E-state index contributed by atoms with van der Waals surface area (Å²) in [5.41, 5.74) is -1.36. The van der Waals surface area contributed by atoms with Crippen molar-refractivity contribution >= 4 is 5.97 Å². The maximum atomic E-state index is 12.8. The first kappa shape index (κ1) is 15.8. The third-order valence-corrected chi connectivity index (χ3v) is 3.60. The van der Waals surface area contributed by atoms with Gasteiger partial charge >= 0.3 is 12.1 Å². The van der Waals surface area contributed by atoms with Gasteiger partial charge in [0, 0.05) is 0 Å². The SMILES string of the molecule is O=C(O)COC1(c2cccc(C(F)(F)F)c2)CCNCC1. The van der Waals surface area contributed by atoms with Crippen molar-refractivity contribution in [2.24, 2.45) is 0 Å². The number of halogens is 3. The predicted octanol–water partition coefficient (Wildman–Crippen LogP) is 2.39. The van der Waals surface area contributed by atoms with Gasteiger partial charge in [0.1, 0.15) is 6.61 Å². The Morgan fingerprint density at radius 3 is 2.57 bits per heavy atom. The first-order valence-electron chi connectivity index (χ1n) is 6.58. The summed E-state index contributed by atoms with van der Waals surface area (Å²) in [6.45, 7) is 0.599. The fraction of sp³-hybridized carbons (Fsp3) is 0.500. The molecule has 0 unspecified atom stereocenters. The lowest BCUT2D eigenvalue weighted by Crippen LogP contribution is -2.43. The van der Waals surface area contributed by atoms with Crippen molar-refractivity contribution in [2.45, 2.75) is 24.6 Å². The molecule has 1 fully saturated rings. The van der Waals surface area contributed by atoms with Crippen LogP contribution in [0, 0.1) is 0 Å². The number of alkyl halides is 3. The van der Waals surface area contributed by atoms with Crippen LogP contribution >= 0.6 is 0 Å². The summed E-state index contributed by atoms with van der Waals surface area (Å²) in [6, 6.07) is 4.93. The van der Waals surface area contributed by atoms with E-state index in [0.29, 0.717) is 31.5 Å². The molecule has 1 heterocycles. The fourth-order valence-electron chi connectivity index (χ4n) is 2.53. The van der Waals surface area contributed by atoms with Crippen LogP contribution in [0.5, 0.6) is 0 Å². The van der Waals surface area contributed by atoms with E-state index in [9.17, 15) is 18.0 Å². The zero-order valence-corrected chi connectivity index (χ0v) is 11.2. The van der Waals surface area contributed by atoms with Crippen molar-refractivity contribution < 1.29 is 27.8 Å². The van der Waals surface area contributed by atoms with Gasteiger partial charge in [-0.3, -0.25) is 0 Å². The van der Waals surface area contributed by atoms with E-state index >= 15 is 0 Å². The van der Waals surface area contributed by atoms with Crippen LogP contribution in [0.4, 0.5) is 13.2 Å². The number of benzene rings is 1. The third-order valence-electron chi connectivity index (χ3n) is 3.60. The molecule has 0 aromatic heterocycles. The lowest BCUT2D eigenvalue weighted by atomic mass is 9.84. The second kappa shape index (κ2) is 6.03. The Morgan fingerprint density at radius 1 is 1.33 bits per heavy atom. The first-order chi connectivity index (χ1) is 9.83. The van der Waals surface area contributed by atoms with Crippen molar-refractivity contribution in [1.82, 2.24) is 5.32 Å². The minimum Gasteiger partial charge on any atom is -0.480 e. The van der Waals surface area contributed by atoms with Crippen LogP contribution in [0.3, 0.4) is 0 Å². The number of carboxylic acids is 1. The molecule has 1 aromatic carbocycles. The molecule has 0 amide bonds. The van der Waals surface area contributed by atoms with Gasteiger partial charge in [-0.25, -0.2) is 4.79 Å². The highest BCUT2D eigenvalue weighted by Crippen LogP contribution is 2.38. The summed E-state index contributed by atoms with van der Waals surface area (Å²) in [4.78, 5) is 10.7. The van der Waals surface area contributed by atoms with Crippen molar-refractivity contribution in [3.63, 3.8) is 0 Å². The van der Waals surface area contributed by atoms with Gasteiger partial charge in [-0.1, -0.05) is 12.1 Å². The summed E-state index contributed by atoms with van der Waals surface area (Å²) >= 11 is 0. The molecule has 4 nitrogen and oxygen atoms in total. The number of carbonyl (C=O) groups is 1. The number of hydrogen-bond donors (Lipinski definition) is 2. The monoisotopic (exact) mass is 303 g/mol. The molecule has 1 aliphatic heterocycles. The number of carboxylic acid groups (broad SMARTS) is 1. The normalized spacial score (nSPS) is 18.4. The van der Waals surface area contributed by atoms with Crippen LogP contribution in [0.25, 0.3) is 0 Å². The predicted molar refractivity (Wildman–Crippen MR) is 68.8 cm³/mol. The van der Waals surface area contributed by atoms with E-state index in [1.165, 1.54) is 6.07 Å². The van der Waals surface area contributed by atoms with Crippen molar-refractivity contribution in [3.8, 4) is 0 Å². The van der Waals surface area contributed by atoms with E-state index in [1.807, 2.05) is 0 Å². The van der Waals surface area contributed by atoms with Crippen LogP contribution in [0.1, 0.15) is 24.0 Å². The molecule has 116 valence electrons. The van der Waals surface area contributed by atoms with Gasteiger partial charge < -0.3 is 15.2 Å². The van der Waals surface area contributed by atoms with E-state index in [1.54, 1.807) is 6.07 Å². The molecule has 0 bridgehead atoms. The van der Waals surface area contributed by atoms with Gasteiger partial charge in [0.15, 0.2) is 0 Å². The summed E-state index contributed by atoms with van der Waals surface area (Å²) < 4.78 is 44.0. The lowest BCUT2D eigenvalue weighted by molar-refractivity contribution is -0.153. The molecule has 1 aliphatic rings. The highest BCUT2D eigenvalue weighted by Gasteiger charge is 2.38.